The Bertz CT molecular complexity index is 220. The van der Waals surface area contributed by atoms with Gasteiger partial charge in [0.15, 0.2) is 0 Å². The molecule has 3 heteroatoms. The van der Waals surface area contributed by atoms with Gasteiger partial charge >= 0.3 is 0 Å². The van der Waals surface area contributed by atoms with Crippen molar-refractivity contribution in [2.75, 3.05) is 40.3 Å². The van der Waals surface area contributed by atoms with Crippen LogP contribution in [0.4, 0.5) is 0 Å². The molecule has 102 valence electrons. The van der Waals surface area contributed by atoms with Gasteiger partial charge in [-0.15, -0.1) is 0 Å². The third-order valence-electron chi connectivity index (χ3n) is 4.05. The van der Waals surface area contributed by atoms with Crippen LogP contribution in [0.5, 0.6) is 0 Å². The van der Waals surface area contributed by atoms with Gasteiger partial charge in [0.2, 0.25) is 0 Å². The Hall–Kier alpha value is -0.120. The highest BCUT2D eigenvalue weighted by molar-refractivity contribution is 4.83. The van der Waals surface area contributed by atoms with Crippen LogP contribution in [-0.4, -0.2) is 61.3 Å². The van der Waals surface area contributed by atoms with Crippen LogP contribution in [0.25, 0.3) is 0 Å². The van der Waals surface area contributed by atoms with Gasteiger partial charge in [-0.2, -0.15) is 0 Å². The number of likely N-dealkylation sites (tertiary alicyclic amines) is 1. The van der Waals surface area contributed by atoms with Crippen LogP contribution in [0.1, 0.15) is 39.5 Å². The molecule has 0 aromatic heterocycles. The first-order valence-corrected chi connectivity index (χ1v) is 7.00. The van der Waals surface area contributed by atoms with Crippen molar-refractivity contribution in [2.45, 2.75) is 45.6 Å². The number of nitrogens with zero attached hydrogens (tertiary/aromatic N) is 2. The summed E-state index contributed by atoms with van der Waals surface area (Å²) in [6, 6.07) is 0.688. The van der Waals surface area contributed by atoms with Crippen molar-refractivity contribution in [1.29, 1.82) is 0 Å². The Morgan fingerprint density at radius 2 is 2.12 bits per heavy atom. The molecule has 0 bridgehead atoms. The molecule has 2 atom stereocenters. The second-order valence-electron chi connectivity index (χ2n) is 6.21. The van der Waals surface area contributed by atoms with E-state index in [1.54, 1.807) is 0 Å². The van der Waals surface area contributed by atoms with E-state index in [0.717, 1.165) is 25.9 Å². The summed E-state index contributed by atoms with van der Waals surface area (Å²) >= 11 is 0. The molecule has 0 radical (unpaired) electrons. The van der Waals surface area contributed by atoms with E-state index >= 15 is 0 Å². The summed E-state index contributed by atoms with van der Waals surface area (Å²) in [6.07, 6.45) is 4.87. The maximum Gasteiger partial charge on any atom is 0.0497 e. The lowest BCUT2D eigenvalue weighted by atomic mass is 9.85. The Labute approximate surface area is 107 Å². The Kier molecular flexibility index (Phi) is 5.90. The number of hydrogen-bond acceptors (Lipinski definition) is 3. The highest BCUT2D eigenvalue weighted by Gasteiger charge is 2.29. The van der Waals surface area contributed by atoms with E-state index in [-0.39, 0.29) is 5.41 Å². The van der Waals surface area contributed by atoms with Crippen LogP contribution in [0.3, 0.4) is 0 Å². The van der Waals surface area contributed by atoms with Gasteiger partial charge in [0, 0.05) is 31.2 Å². The molecule has 1 saturated heterocycles. The number of aliphatic hydroxyl groups excluding tert-OH is 1. The normalized spacial score (nSPS) is 26.1. The van der Waals surface area contributed by atoms with Crippen molar-refractivity contribution < 1.29 is 5.11 Å². The summed E-state index contributed by atoms with van der Waals surface area (Å²) in [7, 11) is 4.34. The summed E-state index contributed by atoms with van der Waals surface area (Å²) < 4.78 is 0. The van der Waals surface area contributed by atoms with Gasteiger partial charge in [0.05, 0.1) is 0 Å². The predicted molar refractivity (Wildman–Crippen MR) is 73.2 cm³/mol. The maximum atomic E-state index is 9.59. The van der Waals surface area contributed by atoms with Gasteiger partial charge in [-0.05, 0) is 39.9 Å². The molecule has 1 fully saturated rings. The summed E-state index contributed by atoms with van der Waals surface area (Å²) in [4.78, 5) is 4.88. The van der Waals surface area contributed by atoms with Crippen molar-refractivity contribution in [3.8, 4) is 0 Å². The maximum absolute atomic E-state index is 9.59. The van der Waals surface area contributed by atoms with Gasteiger partial charge in [-0.25, -0.2) is 0 Å². The summed E-state index contributed by atoms with van der Waals surface area (Å²) in [6.45, 7) is 8.13. The third kappa shape index (κ3) is 4.57. The van der Waals surface area contributed by atoms with E-state index in [9.17, 15) is 5.11 Å². The average Bonchev–Trinajstić information content (AvgIpc) is 2.29. The van der Waals surface area contributed by atoms with Crippen molar-refractivity contribution in [3.63, 3.8) is 0 Å². The molecular weight excluding hydrogens is 212 g/mol. The van der Waals surface area contributed by atoms with Gasteiger partial charge in [-0.3, -0.25) is 0 Å². The fraction of sp³-hybridized carbons (Fsp3) is 1.00. The fourth-order valence-electron chi connectivity index (χ4n) is 2.95. The molecule has 3 nitrogen and oxygen atoms in total. The van der Waals surface area contributed by atoms with E-state index in [1.165, 1.54) is 19.4 Å². The molecule has 17 heavy (non-hydrogen) atoms. The van der Waals surface area contributed by atoms with E-state index in [1.807, 2.05) is 0 Å². The molecule has 1 aliphatic rings. The fourth-order valence-corrected chi connectivity index (χ4v) is 2.95. The zero-order valence-electron chi connectivity index (χ0n) is 12.1. The van der Waals surface area contributed by atoms with Gasteiger partial charge in [0.25, 0.3) is 0 Å². The van der Waals surface area contributed by atoms with Gasteiger partial charge in [-0.1, -0.05) is 20.3 Å². The minimum atomic E-state index is 0.0863. The minimum Gasteiger partial charge on any atom is -0.396 e. The monoisotopic (exact) mass is 242 g/mol. The first kappa shape index (κ1) is 14.9. The van der Waals surface area contributed by atoms with Crippen molar-refractivity contribution >= 4 is 0 Å². The second-order valence-corrected chi connectivity index (χ2v) is 6.21. The van der Waals surface area contributed by atoms with Crippen LogP contribution in [-0.2, 0) is 0 Å². The standard InChI is InChI=1S/C14H30N2O/c1-5-8-14(2,12-17)11-16-9-6-7-13(10-16)15(3)4/h13,17H,5-12H2,1-4H3. The van der Waals surface area contributed by atoms with E-state index in [2.05, 4.69) is 37.7 Å². The van der Waals surface area contributed by atoms with Gasteiger partial charge in [0.1, 0.15) is 0 Å². The van der Waals surface area contributed by atoms with Crippen LogP contribution in [0.15, 0.2) is 0 Å². The highest BCUT2D eigenvalue weighted by atomic mass is 16.3. The zero-order chi connectivity index (χ0) is 12.9. The van der Waals surface area contributed by atoms with E-state index in [4.69, 9.17) is 0 Å². The predicted octanol–water partition coefficient (Wildman–Crippen LogP) is 1.81. The second kappa shape index (κ2) is 6.72. The zero-order valence-corrected chi connectivity index (χ0v) is 12.1. The summed E-state index contributed by atoms with van der Waals surface area (Å²) in [5.74, 6) is 0. The number of piperidine rings is 1. The average molecular weight is 242 g/mol. The molecule has 0 aromatic rings. The van der Waals surface area contributed by atoms with Gasteiger partial charge < -0.3 is 14.9 Å². The summed E-state index contributed by atoms with van der Waals surface area (Å²) in [5, 5.41) is 9.59. The molecule has 1 heterocycles. The molecule has 0 aliphatic carbocycles. The first-order chi connectivity index (χ1) is 8.00. The highest BCUT2D eigenvalue weighted by Crippen LogP contribution is 2.26. The molecule has 1 rings (SSSR count). The molecule has 2 unspecified atom stereocenters. The molecule has 0 aromatic carbocycles. The molecule has 1 N–H and O–H groups in total. The molecule has 1 aliphatic heterocycles. The number of aliphatic hydroxyl groups is 1. The van der Waals surface area contributed by atoms with E-state index in [0.29, 0.717) is 12.6 Å². The first-order valence-electron chi connectivity index (χ1n) is 7.00. The van der Waals surface area contributed by atoms with E-state index < -0.39 is 0 Å². The lowest BCUT2D eigenvalue weighted by Crippen LogP contribution is -2.49. The van der Waals surface area contributed by atoms with Crippen LogP contribution >= 0.6 is 0 Å². The van der Waals surface area contributed by atoms with Crippen molar-refractivity contribution in [2.24, 2.45) is 5.41 Å². The van der Waals surface area contributed by atoms with Crippen molar-refractivity contribution in [3.05, 3.63) is 0 Å². The number of hydrogen-bond donors (Lipinski definition) is 1. The Morgan fingerprint density at radius 1 is 1.41 bits per heavy atom. The summed E-state index contributed by atoms with van der Waals surface area (Å²) in [5.41, 5.74) is 0.0863. The third-order valence-corrected chi connectivity index (χ3v) is 4.05. The molecular formula is C14H30N2O. The van der Waals surface area contributed by atoms with Crippen LogP contribution in [0, 0.1) is 5.41 Å². The lowest BCUT2D eigenvalue weighted by molar-refractivity contribution is 0.0503. The lowest BCUT2D eigenvalue weighted by Gasteiger charge is -2.40. The van der Waals surface area contributed by atoms with Crippen molar-refractivity contribution in [1.82, 2.24) is 9.80 Å². The van der Waals surface area contributed by atoms with Crippen LogP contribution < -0.4 is 0 Å². The topological polar surface area (TPSA) is 26.7 Å². The number of rotatable bonds is 6. The Balaban J connectivity index is 2.49. The Morgan fingerprint density at radius 3 is 2.65 bits per heavy atom. The molecule has 0 saturated carbocycles. The van der Waals surface area contributed by atoms with Crippen LogP contribution in [0.2, 0.25) is 0 Å². The minimum absolute atomic E-state index is 0.0863. The number of likely N-dealkylation sites (N-methyl/N-ethyl adjacent to an activating group) is 1. The SMILES string of the molecule is CCCC(C)(CO)CN1CCCC(N(C)C)C1. The largest absolute Gasteiger partial charge is 0.396 e. The smallest absolute Gasteiger partial charge is 0.0497 e. The quantitative estimate of drug-likeness (QED) is 0.769. The molecule has 0 amide bonds. The molecule has 0 spiro atoms.